The first-order valence-corrected chi connectivity index (χ1v) is 9.06. The third-order valence-corrected chi connectivity index (χ3v) is 6.97. The molecule has 8 heteroatoms. The second kappa shape index (κ2) is 5.90. The lowest BCUT2D eigenvalue weighted by Gasteiger charge is -2.22. The zero-order chi connectivity index (χ0) is 14.0. The van der Waals surface area contributed by atoms with Crippen LogP contribution < -0.4 is 5.32 Å². The van der Waals surface area contributed by atoms with Gasteiger partial charge in [0.05, 0.1) is 3.79 Å². The minimum Gasteiger partial charge on any atom is -0.355 e. The maximum Gasteiger partial charge on any atom is 0.253 e. The Hall–Kier alpha value is -0.440. The Morgan fingerprint density at radius 3 is 2.89 bits per heavy atom. The maximum absolute atomic E-state index is 12.5. The largest absolute Gasteiger partial charge is 0.355 e. The van der Waals surface area contributed by atoms with Gasteiger partial charge in [0.15, 0.2) is 0 Å². The van der Waals surface area contributed by atoms with Crippen LogP contribution in [0.15, 0.2) is 20.1 Å². The van der Waals surface area contributed by atoms with E-state index >= 15 is 0 Å². The first-order chi connectivity index (χ1) is 8.96. The third-order valence-electron chi connectivity index (χ3n) is 2.97. The van der Waals surface area contributed by atoms with Crippen LogP contribution in [0.5, 0.6) is 0 Å². The number of halogens is 1. The monoisotopic (exact) mass is 366 g/mol. The topological polar surface area (TPSA) is 66.5 Å². The highest BCUT2D eigenvalue weighted by Crippen LogP contribution is 2.32. The molecule has 19 heavy (non-hydrogen) atoms. The van der Waals surface area contributed by atoms with E-state index in [9.17, 15) is 13.2 Å². The first kappa shape index (κ1) is 15.0. The summed E-state index contributed by atoms with van der Waals surface area (Å²) < 4.78 is 27.4. The van der Waals surface area contributed by atoms with Crippen molar-refractivity contribution in [1.29, 1.82) is 0 Å². The van der Waals surface area contributed by atoms with Crippen LogP contribution in [0.2, 0.25) is 0 Å². The fraction of sp³-hybridized carbons (Fsp3) is 0.545. The highest BCUT2D eigenvalue weighted by Gasteiger charge is 2.39. The van der Waals surface area contributed by atoms with Gasteiger partial charge in [0, 0.05) is 13.1 Å². The van der Waals surface area contributed by atoms with Crippen LogP contribution in [0, 0.1) is 0 Å². The molecule has 0 radical (unpaired) electrons. The number of carbonyl (C=O) groups is 1. The summed E-state index contributed by atoms with van der Waals surface area (Å²) in [5.41, 5.74) is 0. The Bertz CT molecular complexity index is 570. The summed E-state index contributed by atoms with van der Waals surface area (Å²) in [6, 6.07) is 2.69. The van der Waals surface area contributed by atoms with Gasteiger partial charge in [-0.15, -0.1) is 11.3 Å². The minimum atomic E-state index is -3.57. The average Bonchev–Trinajstić information content (AvgIpc) is 2.97. The van der Waals surface area contributed by atoms with Gasteiger partial charge in [-0.1, -0.05) is 0 Å². The molecule has 0 aromatic carbocycles. The standard InChI is InChI=1S/C11H15BrN2O3S2/c1-2-13-11(15)8-4-3-7-14(8)19(16,17)10-6-5-9(12)18-10/h5-6,8H,2-4,7H2,1H3,(H,13,15)/t8-/m0/s1. The van der Waals surface area contributed by atoms with E-state index in [1.165, 1.54) is 4.31 Å². The summed E-state index contributed by atoms with van der Waals surface area (Å²) in [7, 11) is -3.57. The summed E-state index contributed by atoms with van der Waals surface area (Å²) in [4.78, 5) is 11.9. The molecule has 2 rings (SSSR count). The SMILES string of the molecule is CCNC(=O)[C@@H]1CCCN1S(=O)(=O)c1ccc(Br)s1. The molecule has 2 heterocycles. The quantitative estimate of drug-likeness (QED) is 0.883. The maximum atomic E-state index is 12.5. The molecule has 0 bridgehead atoms. The Kier molecular flexibility index (Phi) is 4.65. The van der Waals surface area contributed by atoms with E-state index < -0.39 is 16.1 Å². The summed E-state index contributed by atoms with van der Waals surface area (Å²) >= 11 is 4.42. The lowest BCUT2D eigenvalue weighted by molar-refractivity contribution is -0.124. The number of rotatable bonds is 4. The number of hydrogen-bond acceptors (Lipinski definition) is 4. The van der Waals surface area contributed by atoms with Crippen LogP contribution in [0.1, 0.15) is 19.8 Å². The molecule has 5 nitrogen and oxygen atoms in total. The molecule has 1 aliphatic heterocycles. The van der Waals surface area contributed by atoms with E-state index in [-0.39, 0.29) is 10.1 Å². The van der Waals surface area contributed by atoms with E-state index in [0.29, 0.717) is 25.9 Å². The van der Waals surface area contributed by atoms with Crippen LogP contribution in [-0.2, 0) is 14.8 Å². The summed E-state index contributed by atoms with van der Waals surface area (Å²) in [5.74, 6) is -0.209. The molecule has 1 N–H and O–H groups in total. The number of sulfonamides is 1. The third kappa shape index (κ3) is 3.01. The van der Waals surface area contributed by atoms with Crippen molar-refractivity contribution in [3.63, 3.8) is 0 Å². The fourth-order valence-corrected chi connectivity index (χ4v) is 5.93. The van der Waals surface area contributed by atoms with Gasteiger partial charge in [0.25, 0.3) is 10.0 Å². The van der Waals surface area contributed by atoms with Gasteiger partial charge >= 0.3 is 0 Å². The van der Waals surface area contributed by atoms with Crippen molar-refractivity contribution >= 4 is 43.2 Å². The van der Waals surface area contributed by atoms with Gasteiger partial charge in [-0.05, 0) is 47.8 Å². The van der Waals surface area contributed by atoms with Crippen molar-refractivity contribution in [2.75, 3.05) is 13.1 Å². The van der Waals surface area contributed by atoms with Gasteiger partial charge in [-0.2, -0.15) is 4.31 Å². The number of hydrogen-bond donors (Lipinski definition) is 1. The number of thiophene rings is 1. The molecule has 1 fully saturated rings. The fourth-order valence-electron chi connectivity index (χ4n) is 2.13. The van der Waals surface area contributed by atoms with Crippen LogP contribution >= 0.6 is 27.3 Å². The van der Waals surface area contributed by atoms with Crippen molar-refractivity contribution in [1.82, 2.24) is 9.62 Å². The predicted octanol–water partition coefficient (Wildman–Crippen LogP) is 1.80. The first-order valence-electron chi connectivity index (χ1n) is 6.01. The average molecular weight is 367 g/mol. The molecule has 1 amide bonds. The van der Waals surface area contributed by atoms with Gasteiger partial charge < -0.3 is 5.32 Å². The highest BCUT2D eigenvalue weighted by molar-refractivity contribution is 9.11. The van der Waals surface area contributed by atoms with E-state index in [4.69, 9.17) is 0 Å². The molecule has 1 aromatic heterocycles. The number of amides is 1. The lowest BCUT2D eigenvalue weighted by Crippen LogP contribution is -2.45. The molecular weight excluding hydrogens is 352 g/mol. The highest BCUT2D eigenvalue weighted by atomic mass is 79.9. The molecule has 1 aliphatic rings. The second-order valence-corrected chi connectivity index (χ2v) is 8.81. The molecular formula is C11H15BrN2O3S2. The van der Waals surface area contributed by atoms with Crippen LogP contribution in [0.25, 0.3) is 0 Å². The second-order valence-electron chi connectivity index (χ2n) is 4.23. The summed E-state index contributed by atoms with van der Waals surface area (Å²) in [6.45, 7) is 2.73. The summed E-state index contributed by atoms with van der Waals surface area (Å²) in [5, 5.41) is 2.70. The van der Waals surface area contributed by atoms with E-state index in [2.05, 4.69) is 21.2 Å². The van der Waals surface area contributed by atoms with Gasteiger partial charge in [0.2, 0.25) is 5.91 Å². The smallest absolute Gasteiger partial charge is 0.253 e. The molecule has 1 saturated heterocycles. The molecule has 0 unspecified atom stereocenters. The van der Waals surface area contributed by atoms with Gasteiger partial charge in [0.1, 0.15) is 10.3 Å². The van der Waals surface area contributed by atoms with E-state index in [1.807, 2.05) is 6.92 Å². The Labute approximate surface area is 125 Å². The Morgan fingerprint density at radius 1 is 1.58 bits per heavy atom. The van der Waals surface area contributed by atoms with Crippen LogP contribution in [0.4, 0.5) is 0 Å². The predicted molar refractivity (Wildman–Crippen MR) is 77.6 cm³/mol. The minimum absolute atomic E-state index is 0.209. The number of nitrogens with zero attached hydrogens (tertiary/aromatic N) is 1. The zero-order valence-electron chi connectivity index (χ0n) is 10.4. The van der Waals surface area contributed by atoms with E-state index in [1.54, 1.807) is 12.1 Å². The molecule has 0 aliphatic carbocycles. The Morgan fingerprint density at radius 2 is 2.32 bits per heavy atom. The normalized spacial score (nSPS) is 20.6. The van der Waals surface area contributed by atoms with Crippen molar-refractivity contribution in [3.8, 4) is 0 Å². The zero-order valence-corrected chi connectivity index (χ0v) is 13.6. The van der Waals surface area contributed by atoms with Crippen molar-refractivity contribution in [3.05, 3.63) is 15.9 Å². The number of nitrogens with one attached hydrogen (secondary N) is 1. The van der Waals surface area contributed by atoms with Crippen molar-refractivity contribution in [2.24, 2.45) is 0 Å². The van der Waals surface area contributed by atoms with Gasteiger partial charge in [-0.25, -0.2) is 8.42 Å². The number of likely N-dealkylation sites (N-methyl/N-ethyl adjacent to an activating group) is 1. The Balaban J connectivity index is 2.27. The number of carbonyl (C=O) groups excluding carboxylic acids is 1. The lowest BCUT2D eigenvalue weighted by atomic mass is 10.2. The molecule has 1 atom stereocenters. The summed E-state index contributed by atoms with van der Waals surface area (Å²) in [6.07, 6.45) is 1.30. The molecule has 1 aromatic rings. The van der Waals surface area contributed by atoms with Gasteiger partial charge in [-0.3, -0.25) is 4.79 Å². The van der Waals surface area contributed by atoms with Crippen LogP contribution in [0.3, 0.4) is 0 Å². The van der Waals surface area contributed by atoms with Crippen LogP contribution in [-0.4, -0.2) is 37.8 Å². The van der Waals surface area contributed by atoms with Crippen molar-refractivity contribution < 1.29 is 13.2 Å². The molecule has 0 saturated carbocycles. The molecule has 106 valence electrons. The van der Waals surface area contributed by atoms with Crippen molar-refractivity contribution in [2.45, 2.75) is 30.0 Å². The molecule has 0 spiro atoms. The van der Waals surface area contributed by atoms with E-state index in [0.717, 1.165) is 15.1 Å².